The maximum atomic E-state index is 12.5. The summed E-state index contributed by atoms with van der Waals surface area (Å²) in [7, 11) is -2.54. The lowest BCUT2D eigenvalue weighted by Gasteiger charge is -2.09. The Morgan fingerprint density at radius 3 is 1.93 bits per heavy atom. The molecule has 3 rings (SSSR count). The first-order valence-corrected chi connectivity index (χ1v) is 9.99. The van der Waals surface area contributed by atoms with Crippen molar-refractivity contribution in [2.45, 2.75) is 4.90 Å². The molecule has 0 aliphatic heterocycles. The lowest BCUT2D eigenvalue weighted by Crippen LogP contribution is -2.14. The Morgan fingerprint density at radius 2 is 1.34 bits per heavy atom. The van der Waals surface area contributed by atoms with E-state index in [1.165, 1.54) is 31.4 Å². The number of ether oxygens (including phenoxy) is 1. The highest BCUT2D eigenvalue weighted by Gasteiger charge is 2.14. The lowest BCUT2D eigenvalue weighted by molar-refractivity contribution is 0.187. The number of hydrogen-bond donors (Lipinski definition) is 2. The largest absolute Gasteiger partial charge is 0.453 e. The Bertz CT molecular complexity index is 1100. The molecule has 9 heteroatoms. The van der Waals surface area contributed by atoms with Gasteiger partial charge in [0.15, 0.2) is 0 Å². The van der Waals surface area contributed by atoms with Crippen LogP contribution in [0, 0.1) is 0 Å². The predicted molar refractivity (Wildman–Crippen MR) is 110 cm³/mol. The molecule has 3 aromatic carbocycles. The van der Waals surface area contributed by atoms with Crippen molar-refractivity contribution in [1.29, 1.82) is 0 Å². The van der Waals surface area contributed by atoms with Crippen molar-refractivity contribution < 1.29 is 17.9 Å². The number of carbonyl (C=O) groups is 1. The second kappa shape index (κ2) is 8.98. The Balaban J connectivity index is 1.67. The lowest BCUT2D eigenvalue weighted by atomic mass is 10.3. The zero-order valence-electron chi connectivity index (χ0n) is 15.4. The molecule has 1 amide bonds. The Hall–Kier alpha value is -3.72. The first kappa shape index (κ1) is 20.0. The van der Waals surface area contributed by atoms with Crippen molar-refractivity contribution >= 4 is 38.9 Å². The van der Waals surface area contributed by atoms with Gasteiger partial charge < -0.3 is 4.74 Å². The van der Waals surface area contributed by atoms with E-state index in [1.807, 2.05) is 30.3 Å². The van der Waals surface area contributed by atoms with Crippen molar-refractivity contribution in [2.75, 3.05) is 17.1 Å². The van der Waals surface area contributed by atoms with Gasteiger partial charge in [-0.1, -0.05) is 18.2 Å². The van der Waals surface area contributed by atoms with Crippen molar-refractivity contribution in [3.05, 3.63) is 78.9 Å². The molecule has 29 heavy (non-hydrogen) atoms. The molecule has 0 saturated heterocycles. The summed E-state index contributed by atoms with van der Waals surface area (Å²) in [6, 6.07) is 21.5. The highest BCUT2D eigenvalue weighted by Crippen LogP contribution is 2.22. The summed E-state index contributed by atoms with van der Waals surface area (Å²) in [6.45, 7) is 0. The normalized spacial score (nSPS) is 11.2. The van der Waals surface area contributed by atoms with Crippen LogP contribution in [0.2, 0.25) is 0 Å². The monoisotopic (exact) mass is 410 g/mol. The van der Waals surface area contributed by atoms with Crippen LogP contribution in [0.3, 0.4) is 0 Å². The van der Waals surface area contributed by atoms with Crippen LogP contribution in [-0.4, -0.2) is 21.6 Å². The number of amides is 1. The number of sulfonamides is 1. The van der Waals surface area contributed by atoms with E-state index in [0.29, 0.717) is 17.1 Å². The van der Waals surface area contributed by atoms with E-state index in [1.54, 1.807) is 24.3 Å². The number of azo groups is 1. The predicted octanol–water partition coefficient (Wildman–Crippen LogP) is 5.08. The fourth-order valence-corrected chi connectivity index (χ4v) is 3.37. The van der Waals surface area contributed by atoms with Crippen molar-refractivity contribution in [1.82, 2.24) is 0 Å². The van der Waals surface area contributed by atoms with Crippen LogP contribution < -0.4 is 10.0 Å². The van der Waals surface area contributed by atoms with Crippen molar-refractivity contribution in [3.8, 4) is 0 Å². The molecular weight excluding hydrogens is 392 g/mol. The summed E-state index contributed by atoms with van der Waals surface area (Å²) < 4.78 is 32.0. The summed E-state index contributed by atoms with van der Waals surface area (Å²) in [5.74, 6) is 0. The molecule has 148 valence electrons. The minimum Gasteiger partial charge on any atom is -0.453 e. The number of rotatable bonds is 6. The van der Waals surface area contributed by atoms with Gasteiger partial charge in [0, 0.05) is 11.4 Å². The zero-order chi connectivity index (χ0) is 20.7. The molecule has 0 heterocycles. The molecule has 8 nitrogen and oxygen atoms in total. The molecule has 0 aliphatic carbocycles. The summed E-state index contributed by atoms with van der Waals surface area (Å²) in [5.41, 5.74) is 2.13. The van der Waals surface area contributed by atoms with Crippen LogP contribution in [0.4, 0.5) is 27.5 Å². The summed E-state index contributed by atoms with van der Waals surface area (Å²) in [5, 5.41) is 10.7. The number of methoxy groups -OCH3 is 1. The fraction of sp³-hybridized carbons (Fsp3) is 0.0500. The minimum atomic E-state index is -3.78. The number of nitrogens with zero attached hydrogens (tertiary/aromatic N) is 2. The van der Waals surface area contributed by atoms with E-state index in [9.17, 15) is 13.2 Å². The van der Waals surface area contributed by atoms with Crippen LogP contribution in [0.1, 0.15) is 0 Å². The molecule has 0 spiro atoms. The van der Waals surface area contributed by atoms with Gasteiger partial charge in [0.1, 0.15) is 0 Å². The first-order valence-electron chi connectivity index (χ1n) is 8.51. The number of carbonyl (C=O) groups excluding carboxylic acids is 1. The molecule has 0 atom stereocenters. The van der Waals surface area contributed by atoms with Crippen molar-refractivity contribution in [2.24, 2.45) is 10.2 Å². The van der Waals surface area contributed by atoms with E-state index in [2.05, 4.69) is 25.0 Å². The van der Waals surface area contributed by atoms with Gasteiger partial charge in [0.25, 0.3) is 10.0 Å². The van der Waals surface area contributed by atoms with Crippen LogP contribution in [0.5, 0.6) is 0 Å². The Morgan fingerprint density at radius 1 is 0.793 bits per heavy atom. The maximum absolute atomic E-state index is 12.5. The topological polar surface area (TPSA) is 109 Å². The second-order valence-corrected chi connectivity index (χ2v) is 7.51. The first-order chi connectivity index (χ1) is 14.0. The van der Waals surface area contributed by atoms with Gasteiger partial charge in [-0.3, -0.25) is 10.0 Å². The summed E-state index contributed by atoms with van der Waals surface area (Å²) >= 11 is 0. The minimum absolute atomic E-state index is 0.0563. The van der Waals surface area contributed by atoms with Gasteiger partial charge in [-0.05, 0) is 60.7 Å². The quantitative estimate of drug-likeness (QED) is 0.552. The van der Waals surface area contributed by atoms with Gasteiger partial charge in [-0.15, -0.1) is 0 Å². The molecular formula is C20H18N4O4S. The summed E-state index contributed by atoms with van der Waals surface area (Å²) in [4.78, 5) is 11.2. The molecule has 2 N–H and O–H groups in total. The number of nitrogens with one attached hydrogen (secondary N) is 2. The van der Waals surface area contributed by atoms with Crippen LogP contribution >= 0.6 is 0 Å². The average molecular weight is 410 g/mol. The average Bonchev–Trinajstić information content (AvgIpc) is 2.74. The molecule has 0 aliphatic rings. The molecule has 0 radical (unpaired) electrons. The number of benzene rings is 3. The third kappa shape index (κ3) is 5.63. The van der Waals surface area contributed by atoms with E-state index in [-0.39, 0.29) is 4.90 Å². The third-order valence-electron chi connectivity index (χ3n) is 3.75. The van der Waals surface area contributed by atoms with Crippen molar-refractivity contribution in [3.63, 3.8) is 0 Å². The van der Waals surface area contributed by atoms with Gasteiger partial charge in [-0.25, -0.2) is 13.2 Å². The Kier molecular flexibility index (Phi) is 6.20. The Labute approximate surface area is 168 Å². The van der Waals surface area contributed by atoms with E-state index in [4.69, 9.17) is 0 Å². The fourth-order valence-electron chi connectivity index (χ4n) is 2.31. The standard InChI is InChI=1S/C20H18N4O4S/c1-28-20(25)21-15-11-13-19(14-12-15)29(26,27)24-18-9-7-17(8-10-18)23-22-16-5-3-2-4-6-16/h2-14,24H,1H3,(H,21,25). The molecule has 0 bridgehead atoms. The SMILES string of the molecule is COC(=O)Nc1ccc(S(=O)(=O)Nc2ccc(N=Nc3ccccc3)cc2)cc1. The third-order valence-corrected chi connectivity index (χ3v) is 5.15. The smallest absolute Gasteiger partial charge is 0.411 e. The van der Waals surface area contributed by atoms with Crippen LogP contribution in [0.25, 0.3) is 0 Å². The second-order valence-electron chi connectivity index (χ2n) is 5.83. The van der Waals surface area contributed by atoms with Crippen LogP contribution in [0.15, 0.2) is 94.0 Å². The summed E-state index contributed by atoms with van der Waals surface area (Å²) in [6.07, 6.45) is -0.636. The highest BCUT2D eigenvalue weighted by molar-refractivity contribution is 7.92. The van der Waals surface area contributed by atoms with Crippen LogP contribution in [-0.2, 0) is 14.8 Å². The molecule has 0 unspecified atom stereocenters. The zero-order valence-corrected chi connectivity index (χ0v) is 16.3. The molecule has 3 aromatic rings. The van der Waals surface area contributed by atoms with Gasteiger partial charge in [0.05, 0.1) is 23.4 Å². The van der Waals surface area contributed by atoms with Gasteiger partial charge in [0.2, 0.25) is 0 Å². The maximum Gasteiger partial charge on any atom is 0.411 e. The van der Waals surface area contributed by atoms with Gasteiger partial charge >= 0.3 is 6.09 Å². The molecule has 0 saturated carbocycles. The van der Waals surface area contributed by atoms with E-state index in [0.717, 1.165) is 5.69 Å². The van der Waals surface area contributed by atoms with Gasteiger partial charge in [-0.2, -0.15) is 10.2 Å². The van der Waals surface area contributed by atoms with E-state index >= 15 is 0 Å². The number of anilines is 2. The molecule has 0 fully saturated rings. The molecule has 0 aromatic heterocycles. The van der Waals surface area contributed by atoms with E-state index < -0.39 is 16.1 Å². The highest BCUT2D eigenvalue weighted by atomic mass is 32.2. The number of hydrogen-bond acceptors (Lipinski definition) is 6.